The molecule has 0 radical (unpaired) electrons. The van der Waals surface area contributed by atoms with E-state index < -0.39 is 5.97 Å². The van der Waals surface area contributed by atoms with Gasteiger partial charge in [-0.2, -0.15) is 0 Å². The molecule has 0 spiro atoms. The molecule has 0 heterocycles. The van der Waals surface area contributed by atoms with E-state index in [-0.39, 0.29) is 18.1 Å². The Morgan fingerprint density at radius 3 is 2.41 bits per heavy atom. The van der Waals surface area contributed by atoms with Crippen LogP contribution in [0.3, 0.4) is 0 Å². The molecular weight excluding hydrogens is 336 g/mol. The number of unbranched alkanes of at least 4 members (excludes halogenated alkanes) is 5. The predicted molar refractivity (Wildman–Crippen MR) is 115 cm³/mol. The van der Waals surface area contributed by atoms with Gasteiger partial charge < -0.3 is 5.11 Å². The molecule has 1 aliphatic carbocycles. The van der Waals surface area contributed by atoms with Crippen molar-refractivity contribution in [3.05, 3.63) is 48.1 Å². The third-order valence-corrected chi connectivity index (χ3v) is 4.37. The van der Waals surface area contributed by atoms with E-state index in [1.54, 1.807) is 6.08 Å². The highest BCUT2D eigenvalue weighted by Crippen LogP contribution is 2.26. The van der Waals surface area contributed by atoms with Crippen molar-refractivity contribution in [2.24, 2.45) is 5.92 Å². The first-order valence-corrected chi connectivity index (χ1v) is 10.6. The molecule has 0 aromatic rings. The van der Waals surface area contributed by atoms with Crippen LogP contribution >= 0.6 is 0 Å². The van der Waals surface area contributed by atoms with Gasteiger partial charge in [-0.05, 0) is 51.0 Å². The maximum absolute atomic E-state index is 12.0. The molecule has 27 heavy (non-hydrogen) atoms. The van der Waals surface area contributed by atoms with E-state index in [1.807, 2.05) is 32.1 Å². The van der Waals surface area contributed by atoms with Gasteiger partial charge in [0, 0.05) is 17.9 Å². The molecule has 3 nitrogen and oxygen atoms in total. The van der Waals surface area contributed by atoms with Crippen LogP contribution in [0, 0.1) is 5.92 Å². The zero-order chi connectivity index (χ0) is 20.3. The Morgan fingerprint density at radius 2 is 1.70 bits per heavy atom. The minimum atomic E-state index is -0.722. The minimum absolute atomic E-state index is 0.140. The van der Waals surface area contributed by atoms with Crippen LogP contribution in [0.5, 0.6) is 0 Å². The Balaban J connectivity index is 0.00000326. The number of rotatable bonds is 13. The maximum Gasteiger partial charge on any atom is 0.303 e. The summed E-state index contributed by atoms with van der Waals surface area (Å²) in [4.78, 5) is 22.4. The first-order valence-electron chi connectivity index (χ1n) is 10.6. The van der Waals surface area contributed by atoms with Gasteiger partial charge in [-0.1, -0.05) is 70.1 Å². The van der Waals surface area contributed by atoms with Gasteiger partial charge in [-0.25, -0.2) is 0 Å². The van der Waals surface area contributed by atoms with E-state index in [0.717, 1.165) is 44.1 Å². The molecule has 0 saturated heterocycles. The number of allylic oxidation sites excluding steroid dienone is 8. The van der Waals surface area contributed by atoms with Crippen molar-refractivity contribution < 1.29 is 14.7 Å². The fourth-order valence-corrected chi connectivity index (χ4v) is 2.87. The monoisotopic (exact) mass is 374 g/mol. The summed E-state index contributed by atoms with van der Waals surface area (Å²) < 4.78 is 0. The van der Waals surface area contributed by atoms with Gasteiger partial charge in [-0.3, -0.25) is 9.59 Å². The van der Waals surface area contributed by atoms with E-state index >= 15 is 0 Å². The van der Waals surface area contributed by atoms with Gasteiger partial charge in [0.1, 0.15) is 0 Å². The van der Waals surface area contributed by atoms with Crippen LogP contribution in [0.25, 0.3) is 0 Å². The average molecular weight is 375 g/mol. The molecule has 0 aliphatic heterocycles. The lowest BCUT2D eigenvalue weighted by molar-refractivity contribution is -0.137. The number of hydrogen-bond donors (Lipinski definition) is 1. The van der Waals surface area contributed by atoms with Crippen molar-refractivity contribution in [1.29, 1.82) is 0 Å². The molecule has 1 rings (SSSR count). The highest BCUT2D eigenvalue weighted by Gasteiger charge is 2.21. The van der Waals surface area contributed by atoms with Crippen molar-refractivity contribution in [3.63, 3.8) is 0 Å². The number of ketones is 1. The summed E-state index contributed by atoms with van der Waals surface area (Å²) in [5, 5.41) is 8.58. The molecule has 152 valence electrons. The maximum atomic E-state index is 12.0. The van der Waals surface area contributed by atoms with E-state index in [1.165, 1.54) is 19.3 Å². The lowest BCUT2D eigenvalue weighted by Crippen LogP contribution is -2.02. The van der Waals surface area contributed by atoms with E-state index in [0.29, 0.717) is 0 Å². The number of aliphatic carboxylic acids is 1. The molecule has 0 saturated carbocycles. The average Bonchev–Trinajstić information content (AvgIpc) is 3.01. The molecule has 0 bridgehead atoms. The van der Waals surface area contributed by atoms with Crippen molar-refractivity contribution in [2.45, 2.75) is 85.0 Å². The molecule has 1 unspecified atom stereocenters. The molecule has 1 aliphatic rings. The van der Waals surface area contributed by atoms with Gasteiger partial charge in [0.25, 0.3) is 0 Å². The molecular formula is C24H38O3. The largest absolute Gasteiger partial charge is 0.481 e. The second-order valence-electron chi connectivity index (χ2n) is 6.56. The SMILES string of the molecule is CC.CCCCC/C=C\C=C1\C(=O)C=CC1CC/C=C\CCCCC(=O)O. The number of carboxylic acid groups (broad SMARTS) is 1. The molecule has 0 fully saturated rings. The summed E-state index contributed by atoms with van der Waals surface area (Å²) >= 11 is 0. The molecule has 0 amide bonds. The zero-order valence-electron chi connectivity index (χ0n) is 17.5. The van der Waals surface area contributed by atoms with Gasteiger partial charge in [0.05, 0.1) is 0 Å². The molecule has 1 N–H and O–H groups in total. The third-order valence-electron chi connectivity index (χ3n) is 4.37. The summed E-state index contributed by atoms with van der Waals surface area (Å²) in [6.07, 6.45) is 23.6. The molecule has 0 aromatic carbocycles. The molecule has 0 aromatic heterocycles. The first-order chi connectivity index (χ1) is 13.1. The second kappa shape index (κ2) is 17.5. The Labute approximate surface area is 165 Å². The number of carbonyl (C=O) groups excluding carboxylic acids is 1. The van der Waals surface area contributed by atoms with Crippen LogP contribution in [-0.4, -0.2) is 16.9 Å². The van der Waals surface area contributed by atoms with Crippen LogP contribution in [0.15, 0.2) is 48.1 Å². The van der Waals surface area contributed by atoms with Crippen molar-refractivity contribution in [2.75, 3.05) is 0 Å². The molecule has 3 heteroatoms. The number of carbonyl (C=O) groups is 2. The van der Waals surface area contributed by atoms with Crippen molar-refractivity contribution in [1.82, 2.24) is 0 Å². The number of hydrogen-bond acceptors (Lipinski definition) is 2. The molecule has 1 atom stereocenters. The normalized spacial score (nSPS) is 17.8. The fraction of sp³-hybridized carbons (Fsp3) is 0.583. The topological polar surface area (TPSA) is 54.4 Å². The predicted octanol–water partition coefficient (Wildman–Crippen LogP) is 6.81. The van der Waals surface area contributed by atoms with Crippen molar-refractivity contribution in [3.8, 4) is 0 Å². The van der Waals surface area contributed by atoms with Crippen LogP contribution in [-0.2, 0) is 9.59 Å². The first kappa shape index (κ1) is 25.1. The van der Waals surface area contributed by atoms with Gasteiger partial charge in [-0.15, -0.1) is 0 Å². The zero-order valence-corrected chi connectivity index (χ0v) is 17.5. The Hall–Kier alpha value is -1.90. The fourth-order valence-electron chi connectivity index (χ4n) is 2.87. The second-order valence-corrected chi connectivity index (χ2v) is 6.56. The summed E-state index contributed by atoms with van der Waals surface area (Å²) in [5.41, 5.74) is 0.904. The number of carboxylic acids is 1. The Bertz CT molecular complexity index is 524. The Morgan fingerprint density at radius 1 is 1.04 bits per heavy atom. The van der Waals surface area contributed by atoms with Crippen LogP contribution in [0.1, 0.15) is 85.0 Å². The van der Waals surface area contributed by atoms with Crippen LogP contribution in [0.2, 0.25) is 0 Å². The standard InChI is InChI=1S/C22H32O3.C2H6/c1-2-3-4-5-9-12-15-20-19(17-18-21(20)23)14-11-8-6-7-10-13-16-22(24)25;1-2/h6,8-9,12,15,17-19H,2-5,7,10-11,13-14,16H2,1H3,(H,24,25);1-2H3/b8-6-,12-9-,20-15+;. The third kappa shape index (κ3) is 13.0. The van der Waals surface area contributed by atoms with Gasteiger partial charge in [0.2, 0.25) is 0 Å². The Kier molecular flexibility index (Phi) is 16.3. The highest BCUT2D eigenvalue weighted by atomic mass is 16.4. The quantitative estimate of drug-likeness (QED) is 0.219. The highest BCUT2D eigenvalue weighted by molar-refractivity contribution is 6.07. The summed E-state index contributed by atoms with van der Waals surface area (Å²) in [6, 6.07) is 0. The van der Waals surface area contributed by atoms with Crippen LogP contribution < -0.4 is 0 Å². The van der Waals surface area contributed by atoms with Gasteiger partial charge in [0.15, 0.2) is 5.78 Å². The minimum Gasteiger partial charge on any atom is -0.481 e. The summed E-state index contributed by atoms with van der Waals surface area (Å²) in [5.74, 6) is -0.356. The van der Waals surface area contributed by atoms with E-state index in [2.05, 4.69) is 25.2 Å². The summed E-state index contributed by atoms with van der Waals surface area (Å²) in [7, 11) is 0. The lowest BCUT2D eigenvalue weighted by Gasteiger charge is -2.07. The van der Waals surface area contributed by atoms with E-state index in [4.69, 9.17) is 5.11 Å². The lowest BCUT2D eigenvalue weighted by atomic mass is 9.96. The van der Waals surface area contributed by atoms with E-state index in [9.17, 15) is 9.59 Å². The van der Waals surface area contributed by atoms with Gasteiger partial charge >= 0.3 is 5.97 Å². The van der Waals surface area contributed by atoms with Crippen molar-refractivity contribution >= 4 is 11.8 Å². The smallest absolute Gasteiger partial charge is 0.303 e. The summed E-state index contributed by atoms with van der Waals surface area (Å²) in [6.45, 7) is 6.20. The van der Waals surface area contributed by atoms with Crippen LogP contribution in [0.4, 0.5) is 0 Å².